The van der Waals surface area contributed by atoms with Crippen molar-refractivity contribution in [2.75, 3.05) is 0 Å². The Bertz CT molecular complexity index is 390. The maximum atomic E-state index is 11.9. The van der Waals surface area contributed by atoms with E-state index in [2.05, 4.69) is 11.9 Å². The molecule has 1 amide bonds. The molecule has 5 heteroatoms. The molecule has 1 aliphatic carbocycles. The minimum atomic E-state index is -1.04. The van der Waals surface area contributed by atoms with E-state index >= 15 is 0 Å². The lowest BCUT2D eigenvalue weighted by Crippen LogP contribution is -2.52. The Morgan fingerprint density at radius 2 is 1.76 bits per heavy atom. The number of aliphatic carboxylic acids is 1. The lowest BCUT2D eigenvalue weighted by Gasteiger charge is -2.36. The van der Waals surface area contributed by atoms with Crippen LogP contribution in [0.2, 0.25) is 0 Å². The number of nitrogens with one attached hydrogen (secondary N) is 1. The summed E-state index contributed by atoms with van der Waals surface area (Å²) in [5, 5.41) is 12.1. The number of hydrogen-bond acceptors (Lipinski definition) is 3. The van der Waals surface area contributed by atoms with Crippen LogP contribution >= 0.6 is 0 Å². The van der Waals surface area contributed by atoms with Gasteiger partial charge in [0, 0.05) is 5.41 Å². The first-order chi connectivity index (χ1) is 9.70. The lowest BCUT2D eigenvalue weighted by atomic mass is 9.74. The Morgan fingerprint density at radius 3 is 2.14 bits per heavy atom. The highest BCUT2D eigenvalue weighted by Gasteiger charge is 2.42. The monoisotopic (exact) mass is 297 g/mol. The van der Waals surface area contributed by atoms with Gasteiger partial charge in [-0.25, -0.2) is 9.59 Å². The SMILES string of the molecule is C=CC1(C(NC(=O)OC(C)(C)C)C(=O)O)CCCCCC1. The van der Waals surface area contributed by atoms with E-state index in [1.54, 1.807) is 26.8 Å². The van der Waals surface area contributed by atoms with Gasteiger partial charge in [-0.15, -0.1) is 6.58 Å². The smallest absolute Gasteiger partial charge is 0.408 e. The Hall–Kier alpha value is -1.52. The van der Waals surface area contributed by atoms with E-state index < -0.39 is 29.1 Å². The van der Waals surface area contributed by atoms with Crippen LogP contribution in [0.25, 0.3) is 0 Å². The van der Waals surface area contributed by atoms with Gasteiger partial charge in [-0.2, -0.15) is 0 Å². The normalized spacial score (nSPS) is 20.0. The summed E-state index contributed by atoms with van der Waals surface area (Å²) in [6.07, 6.45) is 6.54. The maximum absolute atomic E-state index is 11.9. The number of carboxylic acids is 1. The third-order valence-electron chi connectivity index (χ3n) is 3.92. The van der Waals surface area contributed by atoms with Crippen LogP contribution in [0, 0.1) is 5.41 Å². The molecule has 0 bridgehead atoms. The minimum Gasteiger partial charge on any atom is -0.480 e. The predicted molar refractivity (Wildman–Crippen MR) is 81.1 cm³/mol. The Morgan fingerprint density at radius 1 is 1.24 bits per heavy atom. The molecule has 0 aliphatic heterocycles. The molecule has 120 valence electrons. The van der Waals surface area contributed by atoms with E-state index in [9.17, 15) is 14.7 Å². The summed E-state index contributed by atoms with van der Waals surface area (Å²) in [5.74, 6) is -1.04. The van der Waals surface area contributed by atoms with Crippen molar-refractivity contribution in [3.8, 4) is 0 Å². The second kappa shape index (κ2) is 6.96. The highest BCUT2D eigenvalue weighted by Crippen LogP contribution is 2.39. The highest BCUT2D eigenvalue weighted by atomic mass is 16.6. The fraction of sp³-hybridized carbons (Fsp3) is 0.750. The van der Waals surface area contributed by atoms with Gasteiger partial charge in [0.25, 0.3) is 0 Å². The quantitative estimate of drug-likeness (QED) is 0.615. The molecule has 0 heterocycles. The van der Waals surface area contributed by atoms with Gasteiger partial charge in [0.15, 0.2) is 0 Å². The Balaban J connectivity index is 2.90. The Labute approximate surface area is 126 Å². The van der Waals surface area contributed by atoms with Crippen LogP contribution in [0.15, 0.2) is 12.7 Å². The summed E-state index contributed by atoms with van der Waals surface area (Å²) in [7, 11) is 0. The standard InChI is InChI=1S/C16H27NO4/c1-5-16(10-8-6-7-9-11-16)12(13(18)19)17-14(20)21-15(2,3)4/h5,12H,1,6-11H2,2-4H3,(H,17,20)(H,18,19). The summed E-state index contributed by atoms with van der Waals surface area (Å²) < 4.78 is 5.18. The van der Waals surface area contributed by atoms with E-state index in [0.717, 1.165) is 38.5 Å². The van der Waals surface area contributed by atoms with Crippen molar-refractivity contribution < 1.29 is 19.4 Å². The maximum Gasteiger partial charge on any atom is 0.408 e. The number of carboxylic acid groups (broad SMARTS) is 1. The van der Waals surface area contributed by atoms with Gasteiger partial charge in [-0.3, -0.25) is 0 Å². The van der Waals surface area contributed by atoms with E-state index in [4.69, 9.17) is 4.74 Å². The molecule has 0 aromatic carbocycles. The lowest BCUT2D eigenvalue weighted by molar-refractivity contribution is -0.142. The summed E-state index contributed by atoms with van der Waals surface area (Å²) in [6, 6.07) is -0.997. The molecule has 1 atom stereocenters. The average molecular weight is 297 g/mol. The third kappa shape index (κ3) is 5.06. The summed E-state index contributed by atoms with van der Waals surface area (Å²) >= 11 is 0. The number of carbonyl (C=O) groups is 2. The van der Waals surface area contributed by atoms with Gasteiger partial charge in [0.1, 0.15) is 11.6 Å². The zero-order valence-corrected chi connectivity index (χ0v) is 13.3. The number of hydrogen-bond donors (Lipinski definition) is 2. The van der Waals surface area contributed by atoms with Gasteiger partial charge in [0.2, 0.25) is 0 Å². The van der Waals surface area contributed by atoms with Crippen LogP contribution in [-0.2, 0) is 9.53 Å². The first-order valence-electron chi connectivity index (χ1n) is 7.56. The predicted octanol–water partition coefficient (Wildman–Crippen LogP) is 3.49. The van der Waals surface area contributed by atoms with Crippen LogP contribution < -0.4 is 5.32 Å². The molecule has 1 fully saturated rings. The highest BCUT2D eigenvalue weighted by molar-refractivity contribution is 5.81. The second-order valence-electron chi connectivity index (χ2n) is 6.77. The van der Waals surface area contributed by atoms with Crippen LogP contribution in [0.5, 0.6) is 0 Å². The molecule has 2 N–H and O–H groups in total. The summed E-state index contributed by atoms with van der Waals surface area (Å²) in [4.78, 5) is 23.6. The van der Waals surface area contributed by atoms with Crippen molar-refractivity contribution in [1.29, 1.82) is 0 Å². The van der Waals surface area contributed by atoms with Gasteiger partial charge in [-0.05, 0) is 33.6 Å². The number of rotatable bonds is 4. The topological polar surface area (TPSA) is 75.6 Å². The molecule has 0 aromatic rings. The molecular formula is C16H27NO4. The average Bonchev–Trinajstić information content (AvgIpc) is 2.59. The summed E-state index contributed by atoms with van der Waals surface area (Å²) in [6.45, 7) is 9.07. The number of ether oxygens (including phenoxy) is 1. The van der Waals surface area contributed by atoms with Crippen LogP contribution in [-0.4, -0.2) is 28.8 Å². The van der Waals surface area contributed by atoms with Gasteiger partial charge < -0.3 is 15.2 Å². The zero-order valence-electron chi connectivity index (χ0n) is 13.3. The van der Waals surface area contributed by atoms with E-state index in [1.165, 1.54) is 0 Å². The van der Waals surface area contributed by atoms with Crippen molar-refractivity contribution in [2.24, 2.45) is 5.41 Å². The fourth-order valence-electron chi connectivity index (χ4n) is 2.87. The molecule has 1 unspecified atom stereocenters. The van der Waals surface area contributed by atoms with Crippen LogP contribution in [0.3, 0.4) is 0 Å². The number of amides is 1. The van der Waals surface area contributed by atoms with Gasteiger partial charge in [0.05, 0.1) is 0 Å². The molecule has 1 rings (SSSR count). The molecule has 21 heavy (non-hydrogen) atoms. The molecule has 0 radical (unpaired) electrons. The second-order valence-corrected chi connectivity index (χ2v) is 6.77. The molecule has 1 aliphatic rings. The van der Waals surface area contributed by atoms with Crippen molar-refractivity contribution in [1.82, 2.24) is 5.32 Å². The summed E-state index contributed by atoms with van der Waals surface area (Å²) in [5.41, 5.74) is -1.25. The van der Waals surface area contributed by atoms with Crippen LogP contribution in [0.1, 0.15) is 59.3 Å². The van der Waals surface area contributed by atoms with Gasteiger partial charge in [-0.1, -0.05) is 31.8 Å². The Kier molecular flexibility index (Phi) is 5.81. The molecule has 1 saturated carbocycles. The van der Waals surface area contributed by atoms with E-state index in [-0.39, 0.29) is 0 Å². The fourth-order valence-corrected chi connectivity index (χ4v) is 2.87. The zero-order chi connectivity index (χ0) is 16.1. The van der Waals surface area contributed by atoms with Crippen molar-refractivity contribution in [2.45, 2.75) is 70.9 Å². The largest absolute Gasteiger partial charge is 0.480 e. The molecule has 0 saturated heterocycles. The molecule has 0 spiro atoms. The first kappa shape index (κ1) is 17.5. The van der Waals surface area contributed by atoms with E-state index in [1.807, 2.05) is 0 Å². The van der Waals surface area contributed by atoms with Gasteiger partial charge >= 0.3 is 12.1 Å². The van der Waals surface area contributed by atoms with E-state index in [0.29, 0.717) is 0 Å². The molecular weight excluding hydrogens is 270 g/mol. The van der Waals surface area contributed by atoms with Crippen molar-refractivity contribution in [3.63, 3.8) is 0 Å². The number of carbonyl (C=O) groups excluding carboxylic acids is 1. The van der Waals surface area contributed by atoms with Crippen molar-refractivity contribution >= 4 is 12.1 Å². The third-order valence-corrected chi connectivity index (χ3v) is 3.92. The number of alkyl carbamates (subject to hydrolysis) is 1. The van der Waals surface area contributed by atoms with Crippen LogP contribution in [0.4, 0.5) is 4.79 Å². The first-order valence-corrected chi connectivity index (χ1v) is 7.56. The minimum absolute atomic E-state index is 0.598. The molecule has 5 nitrogen and oxygen atoms in total. The molecule has 0 aromatic heterocycles. The van der Waals surface area contributed by atoms with Crippen molar-refractivity contribution in [3.05, 3.63) is 12.7 Å².